The Hall–Kier alpha value is -0.570. The van der Waals surface area contributed by atoms with Crippen LogP contribution in [0.25, 0.3) is 0 Å². The Morgan fingerprint density at radius 1 is 1.19 bits per heavy atom. The molecule has 1 N–H and O–H groups in total. The van der Waals surface area contributed by atoms with Crippen molar-refractivity contribution in [3.05, 3.63) is 0 Å². The van der Waals surface area contributed by atoms with Crippen molar-refractivity contribution in [3.8, 4) is 0 Å². The molecule has 3 heteroatoms. The normalized spacial score (nSPS) is 13.9. The molecule has 0 saturated heterocycles. The van der Waals surface area contributed by atoms with Gasteiger partial charge in [0.2, 0.25) is 5.91 Å². The molecule has 0 aromatic rings. The van der Waals surface area contributed by atoms with Gasteiger partial charge in [0, 0.05) is 6.04 Å². The minimum absolute atomic E-state index is 0.0221. The van der Waals surface area contributed by atoms with Gasteiger partial charge in [-0.2, -0.15) is 0 Å². The van der Waals surface area contributed by atoms with Gasteiger partial charge >= 0.3 is 0 Å². The van der Waals surface area contributed by atoms with E-state index in [0.29, 0.717) is 5.92 Å². The highest BCUT2D eigenvalue weighted by molar-refractivity contribution is 5.77. The first-order valence-corrected chi connectivity index (χ1v) is 6.14. The van der Waals surface area contributed by atoms with E-state index < -0.39 is 0 Å². The molecule has 96 valence electrons. The zero-order valence-electron chi connectivity index (χ0n) is 11.6. The lowest BCUT2D eigenvalue weighted by Gasteiger charge is -2.20. The zero-order chi connectivity index (χ0) is 12.8. The van der Waals surface area contributed by atoms with E-state index in [-0.39, 0.29) is 24.2 Å². The Morgan fingerprint density at radius 2 is 1.75 bits per heavy atom. The Bertz CT molecular complexity index is 206. The predicted octanol–water partition coefficient (Wildman–Crippen LogP) is 2.74. The summed E-state index contributed by atoms with van der Waals surface area (Å²) in [5.74, 6) is 0.663. The van der Waals surface area contributed by atoms with Gasteiger partial charge in [0.05, 0.1) is 5.60 Å². The topological polar surface area (TPSA) is 38.3 Å². The molecule has 1 amide bonds. The maximum atomic E-state index is 11.5. The summed E-state index contributed by atoms with van der Waals surface area (Å²) < 4.78 is 5.41. The van der Waals surface area contributed by atoms with Crippen molar-refractivity contribution in [1.82, 2.24) is 5.32 Å². The molecule has 3 nitrogen and oxygen atoms in total. The van der Waals surface area contributed by atoms with Gasteiger partial charge in [0.15, 0.2) is 0 Å². The third-order valence-electron chi connectivity index (χ3n) is 2.22. The molecule has 1 atom stereocenters. The lowest BCUT2D eigenvalue weighted by Crippen LogP contribution is -2.37. The summed E-state index contributed by atoms with van der Waals surface area (Å²) in [6.07, 6.45) is 2.17. The number of amides is 1. The SMILES string of the molecule is CC(C)CCC(C)NC(=O)COC(C)(C)C. The molecule has 16 heavy (non-hydrogen) atoms. The van der Waals surface area contributed by atoms with Crippen LogP contribution in [0, 0.1) is 5.92 Å². The van der Waals surface area contributed by atoms with E-state index in [1.807, 2.05) is 27.7 Å². The summed E-state index contributed by atoms with van der Waals surface area (Å²) >= 11 is 0. The average Bonchev–Trinajstić information content (AvgIpc) is 2.10. The van der Waals surface area contributed by atoms with E-state index in [0.717, 1.165) is 12.8 Å². The minimum Gasteiger partial charge on any atom is -0.366 e. The number of ether oxygens (including phenoxy) is 1. The van der Waals surface area contributed by atoms with E-state index in [4.69, 9.17) is 4.74 Å². The van der Waals surface area contributed by atoms with Gasteiger partial charge in [-0.05, 0) is 46.5 Å². The second-order valence-corrected chi connectivity index (χ2v) is 5.84. The summed E-state index contributed by atoms with van der Waals surface area (Å²) in [6, 6.07) is 0.235. The Morgan fingerprint density at radius 3 is 2.19 bits per heavy atom. The largest absolute Gasteiger partial charge is 0.366 e. The number of carbonyl (C=O) groups is 1. The average molecular weight is 229 g/mol. The van der Waals surface area contributed by atoms with E-state index in [9.17, 15) is 4.79 Å². The molecular weight excluding hydrogens is 202 g/mol. The fraction of sp³-hybridized carbons (Fsp3) is 0.923. The smallest absolute Gasteiger partial charge is 0.246 e. The first-order chi connectivity index (χ1) is 7.20. The molecule has 0 aliphatic rings. The van der Waals surface area contributed by atoms with Gasteiger partial charge in [0.1, 0.15) is 6.61 Å². The van der Waals surface area contributed by atoms with Crippen LogP contribution in [0.5, 0.6) is 0 Å². The maximum Gasteiger partial charge on any atom is 0.246 e. The Kier molecular flexibility index (Phi) is 6.65. The van der Waals surface area contributed by atoms with Crippen LogP contribution < -0.4 is 5.32 Å². The number of hydrogen-bond acceptors (Lipinski definition) is 2. The molecule has 0 spiro atoms. The molecule has 0 heterocycles. The molecule has 0 radical (unpaired) electrons. The second kappa shape index (κ2) is 6.89. The molecule has 0 aliphatic heterocycles. The summed E-state index contributed by atoms with van der Waals surface area (Å²) in [5.41, 5.74) is -0.251. The minimum atomic E-state index is -0.251. The predicted molar refractivity (Wildman–Crippen MR) is 67.4 cm³/mol. The maximum absolute atomic E-state index is 11.5. The van der Waals surface area contributed by atoms with Gasteiger partial charge in [-0.25, -0.2) is 0 Å². The molecular formula is C13H27NO2. The van der Waals surface area contributed by atoms with Crippen molar-refractivity contribution in [2.24, 2.45) is 5.92 Å². The summed E-state index contributed by atoms with van der Waals surface area (Å²) in [7, 11) is 0. The van der Waals surface area contributed by atoms with Gasteiger partial charge in [-0.1, -0.05) is 13.8 Å². The van der Waals surface area contributed by atoms with Gasteiger partial charge in [-0.3, -0.25) is 4.79 Å². The lowest BCUT2D eigenvalue weighted by molar-refractivity contribution is -0.131. The molecule has 0 saturated carbocycles. The van der Waals surface area contributed by atoms with Crippen molar-refractivity contribution in [1.29, 1.82) is 0 Å². The number of hydrogen-bond donors (Lipinski definition) is 1. The molecule has 0 rings (SSSR count). The van der Waals surface area contributed by atoms with Crippen LogP contribution in [0.2, 0.25) is 0 Å². The van der Waals surface area contributed by atoms with Crippen molar-refractivity contribution in [2.45, 2.75) is 66.0 Å². The van der Waals surface area contributed by atoms with Crippen LogP contribution in [0.4, 0.5) is 0 Å². The molecule has 0 fully saturated rings. The first-order valence-electron chi connectivity index (χ1n) is 6.14. The number of carbonyl (C=O) groups excluding carboxylic acids is 1. The molecule has 0 aromatic carbocycles. The Balaban J connectivity index is 3.70. The van der Waals surface area contributed by atoms with E-state index in [1.165, 1.54) is 0 Å². The summed E-state index contributed by atoms with van der Waals surface area (Å²) in [4.78, 5) is 11.5. The third kappa shape index (κ3) is 9.97. The van der Waals surface area contributed by atoms with Crippen LogP contribution in [0.1, 0.15) is 54.4 Å². The number of rotatable bonds is 6. The van der Waals surface area contributed by atoms with Crippen LogP contribution in [0.3, 0.4) is 0 Å². The second-order valence-electron chi connectivity index (χ2n) is 5.84. The fourth-order valence-electron chi connectivity index (χ4n) is 1.25. The van der Waals surface area contributed by atoms with Gasteiger partial charge in [-0.15, -0.1) is 0 Å². The van der Waals surface area contributed by atoms with Gasteiger partial charge in [0.25, 0.3) is 0 Å². The zero-order valence-corrected chi connectivity index (χ0v) is 11.6. The highest BCUT2D eigenvalue weighted by atomic mass is 16.5. The Labute approximate surface area is 99.9 Å². The van der Waals surface area contributed by atoms with Crippen molar-refractivity contribution < 1.29 is 9.53 Å². The fourth-order valence-corrected chi connectivity index (χ4v) is 1.25. The molecule has 0 aromatic heterocycles. The van der Waals surface area contributed by atoms with E-state index >= 15 is 0 Å². The molecule has 0 aliphatic carbocycles. The van der Waals surface area contributed by atoms with Crippen LogP contribution in [0.15, 0.2) is 0 Å². The number of nitrogens with one attached hydrogen (secondary N) is 1. The van der Waals surface area contributed by atoms with Crippen molar-refractivity contribution >= 4 is 5.91 Å². The van der Waals surface area contributed by atoms with Crippen molar-refractivity contribution in [3.63, 3.8) is 0 Å². The summed E-state index contributed by atoms with van der Waals surface area (Å²) in [5, 5.41) is 2.94. The van der Waals surface area contributed by atoms with E-state index in [2.05, 4.69) is 19.2 Å². The van der Waals surface area contributed by atoms with Crippen molar-refractivity contribution in [2.75, 3.05) is 6.61 Å². The molecule has 1 unspecified atom stereocenters. The molecule has 0 bridgehead atoms. The standard InChI is InChI=1S/C13H27NO2/c1-10(2)7-8-11(3)14-12(15)9-16-13(4,5)6/h10-11H,7-9H2,1-6H3,(H,14,15). The highest BCUT2D eigenvalue weighted by Gasteiger charge is 2.14. The van der Waals surface area contributed by atoms with Crippen LogP contribution in [-0.4, -0.2) is 24.2 Å². The van der Waals surface area contributed by atoms with Crippen LogP contribution in [-0.2, 0) is 9.53 Å². The lowest BCUT2D eigenvalue weighted by atomic mass is 10.0. The highest BCUT2D eigenvalue weighted by Crippen LogP contribution is 2.07. The first kappa shape index (κ1) is 15.4. The monoisotopic (exact) mass is 229 g/mol. The summed E-state index contributed by atoms with van der Waals surface area (Å²) in [6.45, 7) is 12.4. The quantitative estimate of drug-likeness (QED) is 0.760. The van der Waals surface area contributed by atoms with Gasteiger partial charge < -0.3 is 10.1 Å². The third-order valence-corrected chi connectivity index (χ3v) is 2.22. The van der Waals surface area contributed by atoms with Crippen LogP contribution >= 0.6 is 0 Å². The van der Waals surface area contributed by atoms with E-state index in [1.54, 1.807) is 0 Å².